The van der Waals surface area contributed by atoms with Crippen LogP contribution in [0.5, 0.6) is 5.75 Å². The number of ether oxygens (including phenoxy) is 1. The number of aliphatic hydroxyl groups is 1. The zero-order valence-corrected chi connectivity index (χ0v) is 14.0. The van der Waals surface area contributed by atoms with E-state index in [1.165, 1.54) is 5.56 Å². The fourth-order valence-corrected chi connectivity index (χ4v) is 2.80. The first-order valence-corrected chi connectivity index (χ1v) is 7.92. The van der Waals surface area contributed by atoms with Crippen molar-refractivity contribution in [3.63, 3.8) is 0 Å². The van der Waals surface area contributed by atoms with Gasteiger partial charge in [0, 0.05) is 11.6 Å². The first kappa shape index (κ1) is 15.8. The Labute approximate surface area is 140 Å². The number of hydrogen-bond donors (Lipinski definition) is 1. The Morgan fingerprint density at radius 3 is 2.83 bits per heavy atom. The van der Waals surface area contributed by atoms with E-state index in [-0.39, 0.29) is 6.61 Å². The van der Waals surface area contributed by atoms with Crippen LogP contribution in [0.25, 0.3) is 11.0 Å². The standard InChI is InChI=1S/C18H19ClN2O2/c1-12-4-3-5-17(13(12)2)23-11-18-20-15-10-14(19)6-7-16(15)21(18)8-9-22/h3-7,10,22H,8-9,11H2,1-2H3. The molecule has 0 fully saturated rings. The predicted octanol–water partition coefficient (Wildman–Crippen LogP) is 3.88. The lowest BCUT2D eigenvalue weighted by Crippen LogP contribution is -2.10. The van der Waals surface area contributed by atoms with E-state index in [1.54, 1.807) is 0 Å². The third-order valence-corrected chi connectivity index (χ3v) is 4.26. The zero-order valence-electron chi connectivity index (χ0n) is 13.2. The minimum Gasteiger partial charge on any atom is -0.485 e. The summed E-state index contributed by atoms with van der Waals surface area (Å²) < 4.78 is 7.92. The highest BCUT2D eigenvalue weighted by atomic mass is 35.5. The number of rotatable bonds is 5. The zero-order chi connectivity index (χ0) is 16.4. The summed E-state index contributed by atoms with van der Waals surface area (Å²) >= 11 is 6.04. The summed E-state index contributed by atoms with van der Waals surface area (Å²) in [6.07, 6.45) is 0. The van der Waals surface area contributed by atoms with Crippen molar-refractivity contribution in [1.29, 1.82) is 0 Å². The molecule has 3 rings (SSSR count). The van der Waals surface area contributed by atoms with Gasteiger partial charge in [0.1, 0.15) is 18.2 Å². The maximum Gasteiger partial charge on any atom is 0.148 e. The van der Waals surface area contributed by atoms with E-state index >= 15 is 0 Å². The van der Waals surface area contributed by atoms with Crippen molar-refractivity contribution in [3.8, 4) is 5.75 Å². The lowest BCUT2D eigenvalue weighted by atomic mass is 10.1. The number of imidazole rings is 1. The largest absolute Gasteiger partial charge is 0.485 e. The molecule has 3 aromatic rings. The lowest BCUT2D eigenvalue weighted by Gasteiger charge is -2.12. The molecule has 2 aromatic carbocycles. The fraction of sp³-hybridized carbons (Fsp3) is 0.278. The van der Waals surface area contributed by atoms with Crippen LogP contribution in [-0.2, 0) is 13.2 Å². The van der Waals surface area contributed by atoms with Gasteiger partial charge in [-0.3, -0.25) is 0 Å². The molecule has 1 aromatic heterocycles. The van der Waals surface area contributed by atoms with Gasteiger partial charge >= 0.3 is 0 Å². The molecule has 0 saturated heterocycles. The van der Waals surface area contributed by atoms with Gasteiger partial charge in [0.15, 0.2) is 0 Å². The van der Waals surface area contributed by atoms with Crippen LogP contribution in [0.2, 0.25) is 5.02 Å². The highest BCUT2D eigenvalue weighted by Gasteiger charge is 2.12. The van der Waals surface area contributed by atoms with Crippen LogP contribution in [0.4, 0.5) is 0 Å². The van der Waals surface area contributed by atoms with Gasteiger partial charge in [-0.1, -0.05) is 23.7 Å². The van der Waals surface area contributed by atoms with Crippen molar-refractivity contribution in [2.24, 2.45) is 0 Å². The quantitative estimate of drug-likeness (QED) is 0.772. The van der Waals surface area contributed by atoms with Crippen molar-refractivity contribution in [3.05, 3.63) is 58.4 Å². The van der Waals surface area contributed by atoms with Gasteiger partial charge in [0.25, 0.3) is 0 Å². The second kappa shape index (κ2) is 6.60. The first-order valence-electron chi connectivity index (χ1n) is 7.54. The van der Waals surface area contributed by atoms with Crippen LogP contribution < -0.4 is 4.74 Å². The molecular formula is C18H19ClN2O2. The number of halogens is 1. The molecule has 0 aliphatic rings. The van der Waals surface area contributed by atoms with E-state index in [4.69, 9.17) is 16.3 Å². The molecule has 0 aliphatic heterocycles. The SMILES string of the molecule is Cc1cccc(OCc2nc3cc(Cl)ccc3n2CCO)c1C. The molecule has 23 heavy (non-hydrogen) atoms. The summed E-state index contributed by atoms with van der Waals surface area (Å²) in [6.45, 7) is 4.97. The van der Waals surface area contributed by atoms with Crippen molar-refractivity contribution in [2.45, 2.75) is 27.0 Å². The summed E-state index contributed by atoms with van der Waals surface area (Å²) in [6, 6.07) is 11.6. The van der Waals surface area contributed by atoms with Gasteiger partial charge < -0.3 is 14.4 Å². The number of aliphatic hydroxyl groups excluding tert-OH is 1. The van der Waals surface area contributed by atoms with Gasteiger partial charge in [-0.2, -0.15) is 0 Å². The van der Waals surface area contributed by atoms with Crippen molar-refractivity contribution in [2.75, 3.05) is 6.61 Å². The van der Waals surface area contributed by atoms with Crippen LogP contribution >= 0.6 is 11.6 Å². The average molecular weight is 331 g/mol. The highest BCUT2D eigenvalue weighted by Crippen LogP contribution is 2.24. The van der Waals surface area contributed by atoms with E-state index in [2.05, 4.69) is 18.0 Å². The average Bonchev–Trinajstić information content (AvgIpc) is 2.86. The maximum atomic E-state index is 9.33. The molecule has 4 nitrogen and oxygen atoms in total. The smallest absolute Gasteiger partial charge is 0.148 e. The summed E-state index contributed by atoms with van der Waals surface area (Å²) in [7, 11) is 0. The number of benzene rings is 2. The topological polar surface area (TPSA) is 47.3 Å². The summed E-state index contributed by atoms with van der Waals surface area (Å²) in [5.41, 5.74) is 4.08. The molecule has 0 saturated carbocycles. The Morgan fingerprint density at radius 1 is 1.22 bits per heavy atom. The van der Waals surface area contributed by atoms with Gasteiger partial charge in [0.05, 0.1) is 17.6 Å². The Morgan fingerprint density at radius 2 is 2.04 bits per heavy atom. The van der Waals surface area contributed by atoms with Gasteiger partial charge in [-0.15, -0.1) is 0 Å². The number of nitrogens with zero attached hydrogens (tertiary/aromatic N) is 2. The monoisotopic (exact) mass is 330 g/mol. The molecule has 0 atom stereocenters. The second-order valence-corrected chi connectivity index (χ2v) is 5.96. The second-order valence-electron chi connectivity index (χ2n) is 5.52. The van der Waals surface area contributed by atoms with Crippen LogP contribution in [0.3, 0.4) is 0 Å². The third kappa shape index (κ3) is 3.19. The molecule has 5 heteroatoms. The molecule has 0 spiro atoms. The number of hydrogen-bond acceptors (Lipinski definition) is 3. The Kier molecular flexibility index (Phi) is 4.55. The summed E-state index contributed by atoms with van der Waals surface area (Å²) in [4.78, 5) is 4.60. The molecule has 0 aliphatic carbocycles. The van der Waals surface area contributed by atoms with E-state index < -0.39 is 0 Å². The van der Waals surface area contributed by atoms with E-state index in [9.17, 15) is 5.11 Å². The number of aryl methyl sites for hydroxylation is 1. The molecule has 0 bridgehead atoms. The molecule has 1 heterocycles. The fourth-order valence-electron chi connectivity index (χ4n) is 2.64. The maximum absolute atomic E-state index is 9.33. The molecule has 0 unspecified atom stereocenters. The van der Waals surface area contributed by atoms with E-state index in [0.717, 1.165) is 28.2 Å². The molecule has 0 radical (unpaired) electrons. The predicted molar refractivity (Wildman–Crippen MR) is 92.1 cm³/mol. The lowest BCUT2D eigenvalue weighted by molar-refractivity contribution is 0.259. The van der Waals surface area contributed by atoms with Crippen molar-refractivity contribution >= 4 is 22.6 Å². The Hall–Kier alpha value is -2.04. The molecule has 1 N–H and O–H groups in total. The highest BCUT2D eigenvalue weighted by molar-refractivity contribution is 6.31. The normalized spacial score (nSPS) is 11.1. The van der Waals surface area contributed by atoms with Crippen LogP contribution in [-0.4, -0.2) is 21.3 Å². The molecular weight excluding hydrogens is 312 g/mol. The van der Waals surface area contributed by atoms with Gasteiger partial charge in [0.2, 0.25) is 0 Å². The number of fused-ring (bicyclic) bond motifs is 1. The van der Waals surface area contributed by atoms with Gasteiger partial charge in [-0.25, -0.2) is 4.98 Å². The number of aromatic nitrogens is 2. The van der Waals surface area contributed by atoms with Crippen LogP contribution in [0.15, 0.2) is 36.4 Å². The van der Waals surface area contributed by atoms with Crippen molar-refractivity contribution in [1.82, 2.24) is 9.55 Å². The van der Waals surface area contributed by atoms with E-state index in [1.807, 2.05) is 41.8 Å². The Bertz CT molecular complexity index is 842. The van der Waals surface area contributed by atoms with E-state index in [0.29, 0.717) is 18.2 Å². The minimum atomic E-state index is 0.0462. The summed E-state index contributed by atoms with van der Waals surface area (Å²) in [5, 5.41) is 9.97. The molecule has 0 amide bonds. The van der Waals surface area contributed by atoms with Crippen molar-refractivity contribution < 1.29 is 9.84 Å². The summed E-state index contributed by atoms with van der Waals surface area (Å²) in [5.74, 6) is 1.63. The molecule has 120 valence electrons. The first-order chi connectivity index (χ1) is 11.1. The Balaban J connectivity index is 1.92. The minimum absolute atomic E-state index is 0.0462. The van der Waals surface area contributed by atoms with Gasteiger partial charge in [-0.05, 0) is 49.2 Å². The van der Waals surface area contributed by atoms with Crippen LogP contribution in [0, 0.1) is 13.8 Å². The third-order valence-electron chi connectivity index (χ3n) is 4.02. The van der Waals surface area contributed by atoms with Crippen LogP contribution in [0.1, 0.15) is 17.0 Å².